The average Bonchev–Trinajstić information content (AvgIpc) is 2.98. The summed E-state index contributed by atoms with van der Waals surface area (Å²) < 4.78 is 7.04. The molecule has 114 valence electrons. The van der Waals surface area contributed by atoms with Gasteiger partial charge < -0.3 is 15.2 Å². The summed E-state index contributed by atoms with van der Waals surface area (Å²) in [6.07, 6.45) is 0. The lowest BCUT2D eigenvalue weighted by Gasteiger charge is -2.07. The van der Waals surface area contributed by atoms with Crippen LogP contribution in [0.15, 0.2) is 16.7 Å². The van der Waals surface area contributed by atoms with Gasteiger partial charge in [-0.1, -0.05) is 12.1 Å². The first-order chi connectivity index (χ1) is 10.0. The van der Waals surface area contributed by atoms with Crippen LogP contribution in [0.3, 0.4) is 0 Å². The molecule has 2 N–H and O–H groups in total. The van der Waals surface area contributed by atoms with Gasteiger partial charge in [0.1, 0.15) is 5.76 Å². The quantitative estimate of drug-likeness (QED) is 0.795. The molecule has 2 aromatic rings. The highest BCUT2D eigenvalue weighted by Crippen LogP contribution is 2.20. The molecule has 2 aromatic heterocycles. The third kappa shape index (κ3) is 3.33. The van der Waals surface area contributed by atoms with Crippen LogP contribution in [0.25, 0.3) is 5.82 Å². The Morgan fingerprint density at radius 1 is 1.29 bits per heavy atom. The Kier molecular flexibility index (Phi) is 4.80. The second-order valence-corrected chi connectivity index (χ2v) is 5.03. The Labute approximate surface area is 124 Å². The summed E-state index contributed by atoms with van der Waals surface area (Å²) in [5.74, 6) is 1.39. The summed E-state index contributed by atoms with van der Waals surface area (Å²) in [6, 6.07) is 3.73. The summed E-state index contributed by atoms with van der Waals surface area (Å²) in [5.41, 5.74) is 2.49. The van der Waals surface area contributed by atoms with Gasteiger partial charge in [0.2, 0.25) is 0 Å². The fourth-order valence-electron chi connectivity index (χ4n) is 2.34. The van der Waals surface area contributed by atoms with Crippen LogP contribution in [-0.2, 0) is 0 Å². The number of amides is 1. The van der Waals surface area contributed by atoms with Crippen molar-refractivity contribution in [2.75, 3.05) is 19.6 Å². The molecule has 6 heteroatoms. The molecular weight excluding hydrogens is 268 g/mol. The molecule has 0 aliphatic rings. The Hall–Kier alpha value is -2.08. The van der Waals surface area contributed by atoms with Crippen molar-refractivity contribution in [2.45, 2.75) is 27.7 Å². The molecule has 0 saturated carbocycles. The van der Waals surface area contributed by atoms with Crippen LogP contribution in [0, 0.1) is 20.8 Å². The fraction of sp³-hybridized carbons (Fsp3) is 0.467. The second kappa shape index (κ2) is 6.58. The molecule has 2 rings (SSSR count). The monoisotopic (exact) mass is 290 g/mol. The predicted molar refractivity (Wildman–Crippen MR) is 80.9 cm³/mol. The van der Waals surface area contributed by atoms with E-state index in [0.717, 1.165) is 30.2 Å². The summed E-state index contributed by atoms with van der Waals surface area (Å²) in [7, 11) is 0. The van der Waals surface area contributed by atoms with Crippen molar-refractivity contribution in [1.29, 1.82) is 0 Å². The van der Waals surface area contributed by atoms with Crippen LogP contribution in [-0.4, -0.2) is 35.3 Å². The maximum absolute atomic E-state index is 12.2. The first-order valence-electron chi connectivity index (χ1n) is 7.16. The van der Waals surface area contributed by atoms with Crippen molar-refractivity contribution in [2.24, 2.45) is 0 Å². The van der Waals surface area contributed by atoms with Gasteiger partial charge in [0.15, 0.2) is 5.82 Å². The molecule has 0 aliphatic heterocycles. The van der Waals surface area contributed by atoms with E-state index in [4.69, 9.17) is 4.52 Å². The van der Waals surface area contributed by atoms with E-state index in [1.165, 1.54) is 0 Å². The Morgan fingerprint density at radius 2 is 2.05 bits per heavy atom. The zero-order valence-electron chi connectivity index (χ0n) is 13.0. The predicted octanol–water partition coefficient (Wildman–Crippen LogP) is 1.73. The van der Waals surface area contributed by atoms with Crippen molar-refractivity contribution in [3.63, 3.8) is 0 Å². The van der Waals surface area contributed by atoms with Gasteiger partial charge in [-0.3, -0.25) is 9.36 Å². The van der Waals surface area contributed by atoms with E-state index in [1.807, 2.05) is 44.4 Å². The molecule has 6 nitrogen and oxygen atoms in total. The average molecular weight is 290 g/mol. The minimum atomic E-state index is -0.0625. The Bertz CT molecular complexity index is 628. The normalized spacial score (nSPS) is 10.9. The number of nitrogens with zero attached hydrogens (tertiary/aromatic N) is 2. The molecule has 1 amide bonds. The lowest BCUT2D eigenvalue weighted by Crippen LogP contribution is -2.31. The molecule has 2 heterocycles. The van der Waals surface area contributed by atoms with Crippen LogP contribution in [0.5, 0.6) is 0 Å². The smallest absolute Gasteiger partial charge is 0.253 e. The minimum Gasteiger partial charge on any atom is -0.360 e. The van der Waals surface area contributed by atoms with Gasteiger partial charge in [0, 0.05) is 30.5 Å². The molecule has 0 saturated heterocycles. The number of aryl methyl sites for hydroxylation is 2. The van der Waals surface area contributed by atoms with Gasteiger partial charge in [-0.15, -0.1) is 0 Å². The van der Waals surface area contributed by atoms with Crippen molar-refractivity contribution in [3.05, 3.63) is 34.8 Å². The Balaban J connectivity index is 2.17. The molecule has 0 atom stereocenters. The molecule has 0 unspecified atom stereocenters. The van der Waals surface area contributed by atoms with E-state index in [0.29, 0.717) is 17.9 Å². The third-order valence-corrected chi connectivity index (χ3v) is 3.36. The molecule has 21 heavy (non-hydrogen) atoms. The van der Waals surface area contributed by atoms with Crippen molar-refractivity contribution in [1.82, 2.24) is 20.4 Å². The number of hydrogen-bond acceptors (Lipinski definition) is 4. The lowest BCUT2D eigenvalue weighted by molar-refractivity contribution is 0.0953. The van der Waals surface area contributed by atoms with E-state index in [9.17, 15) is 4.79 Å². The number of rotatable bonds is 6. The molecule has 0 fully saturated rings. The molecule has 0 spiro atoms. The van der Waals surface area contributed by atoms with Gasteiger partial charge in [0.25, 0.3) is 5.91 Å². The summed E-state index contributed by atoms with van der Waals surface area (Å²) in [6.45, 7) is 10.0. The van der Waals surface area contributed by atoms with Gasteiger partial charge in [-0.2, -0.15) is 0 Å². The van der Waals surface area contributed by atoms with Crippen molar-refractivity contribution in [3.8, 4) is 5.82 Å². The highest BCUT2D eigenvalue weighted by atomic mass is 16.5. The van der Waals surface area contributed by atoms with Crippen LogP contribution in [0.2, 0.25) is 0 Å². The molecule has 0 aliphatic carbocycles. The summed E-state index contributed by atoms with van der Waals surface area (Å²) in [4.78, 5) is 12.2. The minimum absolute atomic E-state index is 0.0625. The zero-order chi connectivity index (χ0) is 15.4. The second-order valence-electron chi connectivity index (χ2n) is 5.03. The maximum Gasteiger partial charge on any atom is 0.253 e. The van der Waals surface area contributed by atoms with E-state index in [1.54, 1.807) is 0 Å². The van der Waals surface area contributed by atoms with E-state index in [2.05, 4.69) is 15.8 Å². The van der Waals surface area contributed by atoms with Crippen molar-refractivity contribution >= 4 is 5.91 Å². The zero-order valence-corrected chi connectivity index (χ0v) is 13.0. The number of carbonyl (C=O) groups is 1. The highest BCUT2D eigenvalue weighted by molar-refractivity contribution is 5.95. The topological polar surface area (TPSA) is 72.1 Å². The number of nitrogens with one attached hydrogen (secondary N) is 2. The van der Waals surface area contributed by atoms with Crippen LogP contribution >= 0.6 is 0 Å². The van der Waals surface area contributed by atoms with E-state index < -0.39 is 0 Å². The SMILES string of the molecule is CCNCCNC(=O)c1cc(C)n(-c2cc(C)on2)c1C. The van der Waals surface area contributed by atoms with Gasteiger partial charge in [-0.05, 0) is 33.4 Å². The number of carbonyl (C=O) groups excluding carboxylic acids is 1. The standard InChI is InChI=1S/C15H22N4O2/c1-5-16-6-7-17-15(20)13-8-10(2)19(12(13)4)14-9-11(3)21-18-14/h8-9,16H,5-7H2,1-4H3,(H,17,20). The molecule has 0 bridgehead atoms. The first kappa shape index (κ1) is 15.3. The van der Waals surface area contributed by atoms with Crippen LogP contribution in [0.4, 0.5) is 0 Å². The number of aromatic nitrogens is 2. The highest BCUT2D eigenvalue weighted by Gasteiger charge is 2.17. The lowest BCUT2D eigenvalue weighted by atomic mass is 10.2. The number of hydrogen-bond donors (Lipinski definition) is 2. The Morgan fingerprint density at radius 3 is 2.67 bits per heavy atom. The van der Waals surface area contributed by atoms with E-state index in [-0.39, 0.29) is 5.91 Å². The molecular formula is C15H22N4O2. The van der Waals surface area contributed by atoms with Gasteiger partial charge in [0.05, 0.1) is 5.56 Å². The first-order valence-corrected chi connectivity index (χ1v) is 7.16. The molecule has 0 aromatic carbocycles. The maximum atomic E-state index is 12.2. The van der Waals surface area contributed by atoms with Gasteiger partial charge >= 0.3 is 0 Å². The largest absolute Gasteiger partial charge is 0.360 e. The van der Waals surface area contributed by atoms with Crippen LogP contribution in [0.1, 0.15) is 34.4 Å². The summed E-state index contributed by atoms with van der Waals surface area (Å²) >= 11 is 0. The van der Waals surface area contributed by atoms with E-state index >= 15 is 0 Å². The molecule has 0 radical (unpaired) electrons. The van der Waals surface area contributed by atoms with Gasteiger partial charge in [-0.25, -0.2) is 0 Å². The van der Waals surface area contributed by atoms with Crippen molar-refractivity contribution < 1.29 is 9.32 Å². The summed E-state index contributed by atoms with van der Waals surface area (Å²) in [5, 5.41) is 10.1. The van der Waals surface area contributed by atoms with Crippen LogP contribution < -0.4 is 10.6 Å². The number of likely N-dealkylation sites (N-methyl/N-ethyl adjacent to an activating group) is 1. The third-order valence-electron chi connectivity index (χ3n) is 3.36. The fourth-order valence-corrected chi connectivity index (χ4v) is 2.34.